The predicted octanol–water partition coefficient (Wildman–Crippen LogP) is 0.130. The van der Waals surface area contributed by atoms with E-state index in [9.17, 15) is 4.79 Å². The first-order valence-electron chi connectivity index (χ1n) is 6.57. The van der Waals surface area contributed by atoms with Crippen molar-refractivity contribution in [2.45, 2.75) is 12.8 Å². The molecule has 0 aliphatic rings. The van der Waals surface area contributed by atoms with E-state index in [2.05, 4.69) is 5.32 Å². The van der Waals surface area contributed by atoms with Gasteiger partial charge in [0.2, 0.25) is 5.91 Å². The maximum atomic E-state index is 10.8. The van der Waals surface area contributed by atoms with Gasteiger partial charge in [0.25, 0.3) is 0 Å². The molecule has 0 aromatic heterocycles. The third-order valence-corrected chi connectivity index (χ3v) is 2.39. The summed E-state index contributed by atoms with van der Waals surface area (Å²) in [6.07, 6.45) is 1.65. The van der Waals surface area contributed by atoms with Gasteiger partial charge in [0.1, 0.15) is 5.88 Å². The van der Waals surface area contributed by atoms with Crippen molar-refractivity contribution in [3.8, 4) is 0 Å². The van der Waals surface area contributed by atoms with Gasteiger partial charge in [0.05, 0.1) is 26.4 Å². The number of halogens is 1. The molecule has 1 amide bonds. The van der Waals surface area contributed by atoms with Crippen molar-refractivity contribution in [1.82, 2.24) is 5.32 Å². The standard InChI is InChI=1S/C12H25ClN2O4/c13-11-12(16)15-4-2-6-18-8-10-19-9-7-17-5-1-3-14/h1-11,14H2,(H,15,16). The van der Waals surface area contributed by atoms with Crippen molar-refractivity contribution in [3.05, 3.63) is 0 Å². The van der Waals surface area contributed by atoms with Crippen LogP contribution in [0, 0.1) is 0 Å². The number of amides is 1. The normalized spacial score (nSPS) is 10.6. The molecule has 0 aliphatic carbocycles. The number of alkyl halides is 1. The minimum absolute atomic E-state index is 0.00203. The van der Waals surface area contributed by atoms with Crippen molar-refractivity contribution >= 4 is 17.5 Å². The number of hydrogen-bond donors (Lipinski definition) is 2. The zero-order chi connectivity index (χ0) is 14.2. The van der Waals surface area contributed by atoms with Gasteiger partial charge in [-0.15, -0.1) is 11.6 Å². The van der Waals surface area contributed by atoms with Crippen LogP contribution >= 0.6 is 11.6 Å². The van der Waals surface area contributed by atoms with E-state index < -0.39 is 0 Å². The molecule has 19 heavy (non-hydrogen) atoms. The van der Waals surface area contributed by atoms with E-state index in [-0.39, 0.29) is 11.8 Å². The van der Waals surface area contributed by atoms with Crippen LogP contribution in [0.25, 0.3) is 0 Å². The van der Waals surface area contributed by atoms with Crippen molar-refractivity contribution in [2.75, 3.05) is 58.6 Å². The lowest BCUT2D eigenvalue weighted by Gasteiger charge is -2.07. The van der Waals surface area contributed by atoms with Crippen molar-refractivity contribution < 1.29 is 19.0 Å². The molecule has 0 spiro atoms. The first-order chi connectivity index (χ1) is 9.31. The highest BCUT2D eigenvalue weighted by atomic mass is 35.5. The Balaban J connectivity index is 2.97. The Morgan fingerprint density at radius 2 is 1.47 bits per heavy atom. The minimum atomic E-state index is -0.153. The van der Waals surface area contributed by atoms with Gasteiger partial charge in [-0.2, -0.15) is 0 Å². The van der Waals surface area contributed by atoms with E-state index in [1.165, 1.54) is 0 Å². The molecule has 0 rings (SSSR count). The molecule has 0 saturated carbocycles. The largest absolute Gasteiger partial charge is 0.379 e. The first kappa shape index (κ1) is 18.6. The molecular weight excluding hydrogens is 272 g/mol. The van der Waals surface area contributed by atoms with Gasteiger partial charge in [-0.05, 0) is 19.4 Å². The molecule has 3 N–H and O–H groups in total. The highest BCUT2D eigenvalue weighted by molar-refractivity contribution is 6.27. The maximum absolute atomic E-state index is 10.8. The summed E-state index contributed by atoms with van der Waals surface area (Å²) < 4.78 is 15.9. The zero-order valence-electron chi connectivity index (χ0n) is 11.4. The predicted molar refractivity (Wildman–Crippen MR) is 74.5 cm³/mol. The molecule has 0 bridgehead atoms. The van der Waals surface area contributed by atoms with Crippen LogP contribution in [0.4, 0.5) is 0 Å². The fraction of sp³-hybridized carbons (Fsp3) is 0.917. The fourth-order valence-electron chi connectivity index (χ4n) is 1.18. The maximum Gasteiger partial charge on any atom is 0.234 e. The Morgan fingerprint density at radius 3 is 2.00 bits per heavy atom. The molecule has 0 unspecified atom stereocenters. The SMILES string of the molecule is NCCCOCCOCCOCCCNC(=O)CCl. The minimum Gasteiger partial charge on any atom is -0.379 e. The van der Waals surface area contributed by atoms with Crippen LogP contribution in [0.2, 0.25) is 0 Å². The van der Waals surface area contributed by atoms with Gasteiger partial charge in [-0.1, -0.05) is 0 Å². The molecular formula is C12H25ClN2O4. The highest BCUT2D eigenvalue weighted by Gasteiger charge is 1.96. The molecule has 0 radical (unpaired) electrons. The highest BCUT2D eigenvalue weighted by Crippen LogP contribution is 1.85. The third kappa shape index (κ3) is 15.5. The number of nitrogens with one attached hydrogen (secondary N) is 1. The Morgan fingerprint density at radius 1 is 0.947 bits per heavy atom. The fourth-order valence-corrected chi connectivity index (χ4v) is 1.27. The van der Waals surface area contributed by atoms with Crippen LogP contribution in [0.1, 0.15) is 12.8 Å². The number of rotatable bonds is 14. The molecule has 0 aliphatic heterocycles. The Labute approximate surface area is 119 Å². The second-order valence-electron chi connectivity index (χ2n) is 3.82. The van der Waals surface area contributed by atoms with Crippen LogP contribution in [-0.2, 0) is 19.0 Å². The van der Waals surface area contributed by atoms with Crippen LogP contribution < -0.4 is 11.1 Å². The summed E-state index contributed by atoms with van der Waals surface area (Å²) in [5, 5.41) is 2.66. The molecule has 0 aromatic rings. The van der Waals surface area contributed by atoms with E-state index in [1.54, 1.807) is 0 Å². The topological polar surface area (TPSA) is 82.8 Å². The number of hydrogen-bond acceptors (Lipinski definition) is 5. The molecule has 0 heterocycles. The molecule has 7 heteroatoms. The van der Waals surface area contributed by atoms with E-state index in [0.717, 1.165) is 12.8 Å². The van der Waals surface area contributed by atoms with Gasteiger partial charge in [0.15, 0.2) is 0 Å². The van der Waals surface area contributed by atoms with Crippen molar-refractivity contribution in [3.63, 3.8) is 0 Å². The Bertz CT molecular complexity index is 208. The van der Waals surface area contributed by atoms with Gasteiger partial charge in [-0.3, -0.25) is 4.79 Å². The van der Waals surface area contributed by atoms with Crippen molar-refractivity contribution in [2.24, 2.45) is 5.73 Å². The lowest BCUT2D eigenvalue weighted by atomic mass is 10.4. The molecule has 0 aromatic carbocycles. The first-order valence-corrected chi connectivity index (χ1v) is 7.10. The quantitative estimate of drug-likeness (QED) is 0.352. The van der Waals surface area contributed by atoms with Crippen LogP contribution in [-0.4, -0.2) is 64.5 Å². The summed E-state index contributed by atoms with van der Waals surface area (Å²) in [5.74, 6) is -0.151. The Hall–Kier alpha value is -0.400. The zero-order valence-corrected chi connectivity index (χ0v) is 12.1. The smallest absolute Gasteiger partial charge is 0.234 e. The van der Waals surface area contributed by atoms with E-state index in [4.69, 9.17) is 31.5 Å². The van der Waals surface area contributed by atoms with Crippen LogP contribution in [0.15, 0.2) is 0 Å². The number of ether oxygens (including phenoxy) is 3. The Kier molecular flexibility index (Phi) is 15.3. The molecule has 0 atom stereocenters. The van der Waals surface area contributed by atoms with Gasteiger partial charge in [0, 0.05) is 19.8 Å². The third-order valence-electron chi connectivity index (χ3n) is 2.15. The summed E-state index contributed by atoms with van der Waals surface area (Å²) in [7, 11) is 0. The summed E-state index contributed by atoms with van der Waals surface area (Å²) in [5.41, 5.74) is 5.33. The lowest BCUT2D eigenvalue weighted by molar-refractivity contribution is -0.118. The number of nitrogens with two attached hydrogens (primary N) is 1. The number of carbonyl (C=O) groups excluding carboxylic acids is 1. The monoisotopic (exact) mass is 296 g/mol. The molecule has 114 valence electrons. The van der Waals surface area contributed by atoms with Gasteiger partial charge >= 0.3 is 0 Å². The lowest BCUT2D eigenvalue weighted by Crippen LogP contribution is -2.26. The summed E-state index contributed by atoms with van der Waals surface area (Å²) in [6, 6.07) is 0. The average molecular weight is 297 g/mol. The summed E-state index contributed by atoms with van der Waals surface area (Å²) in [4.78, 5) is 10.8. The molecule has 0 saturated heterocycles. The second-order valence-corrected chi connectivity index (χ2v) is 4.08. The van der Waals surface area contributed by atoms with Crippen LogP contribution in [0.3, 0.4) is 0 Å². The summed E-state index contributed by atoms with van der Waals surface area (Å²) >= 11 is 5.33. The molecule has 6 nitrogen and oxygen atoms in total. The molecule has 0 fully saturated rings. The van der Waals surface area contributed by atoms with Crippen LogP contribution in [0.5, 0.6) is 0 Å². The second kappa shape index (κ2) is 15.7. The van der Waals surface area contributed by atoms with Crippen molar-refractivity contribution in [1.29, 1.82) is 0 Å². The van der Waals surface area contributed by atoms with Gasteiger partial charge in [-0.25, -0.2) is 0 Å². The van der Waals surface area contributed by atoms with E-state index in [0.29, 0.717) is 52.7 Å². The number of carbonyl (C=O) groups is 1. The van der Waals surface area contributed by atoms with E-state index in [1.807, 2.05) is 0 Å². The van der Waals surface area contributed by atoms with E-state index >= 15 is 0 Å². The summed E-state index contributed by atoms with van der Waals surface area (Å²) in [6.45, 7) is 4.77. The average Bonchev–Trinajstić information content (AvgIpc) is 2.43. The van der Waals surface area contributed by atoms with Gasteiger partial charge < -0.3 is 25.3 Å².